The van der Waals surface area contributed by atoms with Gasteiger partial charge in [0, 0.05) is 12.2 Å². The molecule has 0 saturated carbocycles. The van der Waals surface area contributed by atoms with Gasteiger partial charge in [-0.25, -0.2) is 4.79 Å². The Morgan fingerprint density at radius 1 is 1.08 bits per heavy atom. The first-order chi connectivity index (χ1) is 17.4. The van der Waals surface area contributed by atoms with Gasteiger partial charge >= 0.3 is 6.09 Å². The highest BCUT2D eigenvalue weighted by Gasteiger charge is 2.35. The predicted molar refractivity (Wildman–Crippen MR) is 142 cm³/mol. The van der Waals surface area contributed by atoms with Crippen LogP contribution in [0.3, 0.4) is 0 Å². The number of hydrogen-bond donors (Lipinski definition) is 3. The number of nitrogens with one attached hydrogen (secondary N) is 2. The molecule has 0 aromatic heterocycles. The first-order valence-electron chi connectivity index (χ1n) is 11.9. The molecule has 0 aliphatic carbocycles. The van der Waals surface area contributed by atoms with E-state index in [0.29, 0.717) is 17.0 Å². The van der Waals surface area contributed by atoms with E-state index < -0.39 is 42.2 Å². The van der Waals surface area contributed by atoms with Gasteiger partial charge in [0.05, 0.1) is 13.7 Å². The summed E-state index contributed by atoms with van der Waals surface area (Å²) in [5.74, 6) is -0.509. The van der Waals surface area contributed by atoms with E-state index in [2.05, 4.69) is 17.2 Å². The quantitative estimate of drug-likeness (QED) is 0.417. The number of alkyl carbamates (subject to hydrolysis) is 1. The largest absolute Gasteiger partial charge is 0.497 e. The van der Waals surface area contributed by atoms with Crippen molar-refractivity contribution in [3.05, 3.63) is 71.8 Å². The highest BCUT2D eigenvalue weighted by atomic mass is 16.6. The van der Waals surface area contributed by atoms with Crippen LogP contribution in [0, 0.1) is 13.8 Å². The molecular weight excluding hydrogens is 474 g/mol. The highest BCUT2D eigenvalue weighted by Crippen LogP contribution is 2.27. The van der Waals surface area contributed by atoms with Crippen molar-refractivity contribution in [2.45, 2.75) is 52.3 Å². The van der Waals surface area contributed by atoms with Gasteiger partial charge in [0.2, 0.25) is 5.91 Å². The second-order valence-electron chi connectivity index (χ2n) is 9.62. The van der Waals surface area contributed by atoms with E-state index in [0.717, 1.165) is 11.1 Å². The lowest BCUT2D eigenvalue weighted by atomic mass is 9.98. The van der Waals surface area contributed by atoms with Crippen molar-refractivity contribution in [1.29, 1.82) is 0 Å². The van der Waals surface area contributed by atoms with E-state index in [1.54, 1.807) is 58.2 Å². The normalized spacial score (nSPS) is 12.6. The lowest BCUT2D eigenvalue weighted by Crippen LogP contribution is -2.53. The van der Waals surface area contributed by atoms with Gasteiger partial charge in [-0.3, -0.25) is 9.59 Å². The molecule has 0 aliphatic rings. The van der Waals surface area contributed by atoms with Crippen molar-refractivity contribution < 1.29 is 29.0 Å². The summed E-state index contributed by atoms with van der Waals surface area (Å²) in [5.41, 5.74) is 2.25. The Labute approximate surface area is 218 Å². The Balaban J connectivity index is 2.46. The summed E-state index contributed by atoms with van der Waals surface area (Å²) in [7, 11) is 1.55. The Morgan fingerprint density at radius 3 is 2.24 bits per heavy atom. The molecule has 2 aromatic carbocycles. The summed E-state index contributed by atoms with van der Waals surface area (Å²) in [6.07, 6.45) is 0.623. The lowest BCUT2D eigenvalue weighted by Gasteiger charge is -2.33. The molecule has 9 nitrogen and oxygen atoms in total. The van der Waals surface area contributed by atoms with Crippen molar-refractivity contribution in [2.75, 3.05) is 25.6 Å². The second-order valence-corrected chi connectivity index (χ2v) is 9.62. The average Bonchev–Trinajstić information content (AvgIpc) is 2.83. The predicted octanol–water partition coefficient (Wildman–Crippen LogP) is 3.89. The van der Waals surface area contributed by atoms with Crippen LogP contribution in [0.2, 0.25) is 0 Å². The van der Waals surface area contributed by atoms with Gasteiger partial charge in [0.15, 0.2) is 0 Å². The van der Waals surface area contributed by atoms with Crippen molar-refractivity contribution in [3.8, 4) is 5.75 Å². The van der Waals surface area contributed by atoms with Crippen molar-refractivity contribution in [2.24, 2.45) is 0 Å². The van der Waals surface area contributed by atoms with Gasteiger partial charge < -0.3 is 30.1 Å². The summed E-state index contributed by atoms with van der Waals surface area (Å²) < 4.78 is 10.4. The molecule has 0 saturated heterocycles. The van der Waals surface area contributed by atoms with E-state index in [1.165, 1.54) is 11.0 Å². The number of aliphatic hydroxyl groups excluding tert-OH is 1. The van der Waals surface area contributed by atoms with Crippen LogP contribution in [0.4, 0.5) is 10.5 Å². The molecule has 0 fully saturated rings. The smallest absolute Gasteiger partial charge is 0.408 e. The summed E-state index contributed by atoms with van der Waals surface area (Å²) in [5, 5.41) is 15.2. The lowest BCUT2D eigenvalue weighted by molar-refractivity contribution is -0.140. The SMILES string of the molecule is C=CCN(C(=O)C(CO)NC(=O)OC(C)(C)C)C(C(=O)Nc1ccc(OC)cc1)c1ccc(C)c(C)c1. The minimum absolute atomic E-state index is 0.0149. The number of aliphatic hydroxyl groups is 1. The third-order valence-corrected chi connectivity index (χ3v) is 5.54. The number of ether oxygens (including phenoxy) is 2. The first kappa shape index (κ1) is 29.4. The van der Waals surface area contributed by atoms with Gasteiger partial charge in [-0.15, -0.1) is 6.58 Å². The fraction of sp³-hybridized carbons (Fsp3) is 0.393. The topological polar surface area (TPSA) is 117 Å². The Kier molecular flexibility index (Phi) is 10.3. The maximum atomic E-state index is 13.7. The van der Waals surface area contributed by atoms with E-state index in [4.69, 9.17) is 9.47 Å². The van der Waals surface area contributed by atoms with E-state index >= 15 is 0 Å². The number of nitrogens with zero attached hydrogens (tertiary/aromatic N) is 1. The summed E-state index contributed by atoms with van der Waals surface area (Å²) in [6, 6.07) is 9.87. The number of anilines is 1. The zero-order chi connectivity index (χ0) is 27.8. The fourth-order valence-electron chi connectivity index (χ4n) is 3.59. The molecule has 9 heteroatoms. The number of benzene rings is 2. The highest BCUT2D eigenvalue weighted by molar-refractivity contribution is 5.99. The van der Waals surface area contributed by atoms with Crippen LogP contribution in [0.5, 0.6) is 5.75 Å². The van der Waals surface area contributed by atoms with Gasteiger partial charge in [-0.1, -0.05) is 24.3 Å². The van der Waals surface area contributed by atoms with Crippen LogP contribution in [-0.4, -0.2) is 59.8 Å². The van der Waals surface area contributed by atoms with Crippen LogP contribution in [0.25, 0.3) is 0 Å². The van der Waals surface area contributed by atoms with Crippen LogP contribution in [0.15, 0.2) is 55.1 Å². The van der Waals surface area contributed by atoms with Crippen molar-refractivity contribution in [3.63, 3.8) is 0 Å². The number of aryl methyl sites for hydroxylation is 2. The summed E-state index contributed by atoms with van der Waals surface area (Å²) in [6.45, 7) is 12.0. The Bertz CT molecular complexity index is 1110. The second kappa shape index (κ2) is 12.9. The minimum Gasteiger partial charge on any atom is -0.497 e. The number of carbonyl (C=O) groups is 3. The molecule has 2 unspecified atom stereocenters. The zero-order valence-corrected chi connectivity index (χ0v) is 22.3. The number of carbonyl (C=O) groups excluding carboxylic acids is 3. The van der Waals surface area contributed by atoms with E-state index in [-0.39, 0.29) is 6.54 Å². The molecule has 2 atom stereocenters. The Morgan fingerprint density at radius 2 is 1.73 bits per heavy atom. The monoisotopic (exact) mass is 511 g/mol. The van der Waals surface area contributed by atoms with Crippen LogP contribution in [0.1, 0.15) is 43.5 Å². The van der Waals surface area contributed by atoms with E-state index in [9.17, 15) is 19.5 Å². The molecular formula is C28H37N3O6. The van der Waals surface area contributed by atoms with Crippen LogP contribution >= 0.6 is 0 Å². The third-order valence-electron chi connectivity index (χ3n) is 5.54. The van der Waals surface area contributed by atoms with Gasteiger partial charge in [0.25, 0.3) is 5.91 Å². The summed E-state index contributed by atoms with van der Waals surface area (Å²) in [4.78, 5) is 40.9. The Hall–Kier alpha value is -3.85. The first-order valence-corrected chi connectivity index (χ1v) is 11.9. The van der Waals surface area contributed by atoms with Crippen molar-refractivity contribution >= 4 is 23.6 Å². The number of hydrogen-bond acceptors (Lipinski definition) is 6. The molecule has 2 rings (SSSR count). The molecule has 3 N–H and O–H groups in total. The van der Waals surface area contributed by atoms with Gasteiger partial charge in [-0.05, 0) is 75.6 Å². The molecule has 0 bridgehead atoms. The molecule has 0 aliphatic heterocycles. The zero-order valence-electron chi connectivity index (χ0n) is 22.3. The maximum Gasteiger partial charge on any atom is 0.408 e. The van der Waals surface area contributed by atoms with Gasteiger partial charge in [0.1, 0.15) is 23.4 Å². The fourth-order valence-corrected chi connectivity index (χ4v) is 3.59. The molecule has 200 valence electrons. The molecule has 0 radical (unpaired) electrons. The standard InChI is InChI=1S/C28H37N3O6/c1-8-15-31(26(34)23(17-32)30-27(35)37-28(4,5)6)24(20-10-9-18(2)19(3)16-20)25(33)29-21-11-13-22(36-7)14-12-21/h8-14,16,23-24,32H,1,15,17H2,2-7H3,(H,29,33)(H,30,35). The van der Waals surface area contributed by atoms with E-state index in [1.807, 2.05) is 26.0 Å². The molecule has 2 aromatic rings. The minimum atomic E-state index is -1.34. The number of rotatable bonds is 10. The maximum absolute atomic E-state index is 13.7. The molecule has 0 heterocycles. The van der Waals surface area contributed by atoms with Crippen LogP contribution < -0.4 is 15.4 Å². The molecule has 0 spiro atoms. The third kappa shape index (κ3) is 8.35. The molecule has 37 heavy (non-hydrogen) atoms. The number of methoxy groups -OCH3 is 1. The van der Waals surface area contributed by atoms with Crippen molar-refractivity contribution in [1.82, 2.24) is 10.2 Å². The average molecular weight is 512 g/mol. The van der Waals surface area contributed by atoms with Crippen LogP contribution in [-0.2, 0) is 14.3 Å². The number of amides is 3. The van der Waals surface area contributed by atoms with Gasteiger partial charge in [-0.2, -0.15) is 0 Å². The summed E-state index contributed by atoms with van der Waals surface area (Å²) >= 11 is 0. The molecule has 3 amide bonds.